The number of aryl methyl sites for hydroxylation is 2. The van der Waals surface area contributed by atoms with Crippen molar-refractivity contribution in [2.75, 3.05) is 17.7 Å². The van der Waals surface area contributed by atoms with Gasteiger partial charge in [0.15, 0.2) is 11.2 Å². The van der Waals surface area contributed by atoms with E-state index >= 15 is 0 Å². The van der Waals surface area contributed by atoms with Crippen LogP contribution in [0.2, 0.25) is 0 Å². The van der Waals surface area contributed by atoms with Crippen molar-refractivity contribution in [3.05, 3.63) is 87.1 Å². The fourth-order valence-corrected chi connectivity index (χ4v) is 4.91. The van der Waals surface area contributed by atoms with Crippen molar-refractivity contribution in [1.29, 1.82) is 0 Å². The summed E-state index contributed by atoms with van der Waals surface area (Å²) in [5.41, 5.74) is 1.93. The third kappa shape index (κ3) is 4.31. The second-order valence-corrected chi connectivity index (χ2v) is 9.40. The van der Waals surface area contributed by atoms with E-state index in [0.29, 0.717) is 41.1 Å². The Kier molecular flexibility index (Phi) is 6.42. The molecular formula is C24H25N9O2S. The SMILES string of the molecule is CN(Cc1ccccc1)c1nc2c(c(=O)n(C)c(=O)n2C)n1CCSc1nnnn1-c1ccccc1. The van der Waals surface area contributed by atoms with Crippen molar-refractivity contribution in [2.24, 2.45) is 14.1 Å². The quantitative estimate of drug-likeness (QED) is 0.295. The number of anilines is 1. The maximum Gasteiger partial charge on any atom is 0.332 e. The van der Waals surface area contributed by atoms with E-state index in [1.807, 2.05) is 77.2 Å². The van der Waals surface area contributed by atoms with Gasteiger partial charge in [-0.05, 0) is 28.1 Å². The van der Waals surface area contributed by atoms with Gasteiger partial charge in [0.25, 0.3) is 5.56 Å². The molecule has 3 aromatic heterocycles. The molecule has 36 heavy (non-hydrogen) atoms. The number of para-hydroxylation sites is 1. The van der Waals surface area contributed by atoms with Crippen LogP contribution in [0.5, 0.6) is 0 Å². The van der Waals surface area contributed by atoms with Gasteiger partial charge in [0.2, 0.25) is 11.1 Å². The van der Waals surface area contributed by atoms with Crippen molar-refractivity contribution in [2.45, 2.75) is 18.2 Å². The van der Waals surface area contributed by atoms with Crippen LogP contribution in [-0.4, -0.2) is 51.7 Å². The number of hydrogen-bond acceptors (Lipinski definition) is 8. The van der Waals surface area contributed by atoms with Crippen LogP contribution in [0.15, 0.2) is 75.4 Å². The molecule has 0 radical (unpaired) electrons. The molecule has 0 fully saturated rings. The van der Waals surface area contributed by atoms with E-state index in [9.17, 15) is 9.59 Å². The highest BCUT2D eigenvalue weighted by Crippen LogP contribution is 2.23. The summed E-state index contributed by atoms with van der Waals surface area (Å²) in [6, 6.07) is 19.7. The predicted molar refractivity (Wildman–Crippen MR) is 139 cm³/mol. The molecule has 0 bridgehead atoms. The fourth-order valence-electron chi connectivity index (χ4n) is 4.09. The van der Waals surface area contributed by atoms with Gasteiger partial charge in [-0.15, -0.1) is 5.10 Å². The number of imidazole rings is 1. The highest BCUT2D eigenvalue weighted by molar-refractivity contribution is 7.99. The van der Waals surface area contributed by atoms with Gasteiger partial charge < -0.3 is 9.47 Å². The van der Waals surface area contributed by atoms with Gasteiger partial charge in [-0.2, -0.15) is 9.67 Å². The maximum absolute atomic E-state index is 13.2. The molecule has 0 aliphatic carbocycles. The molecule has 0 saturated carbocycles. The molecular weight excluding hydrogens is 478 g/mol. The number of tetrazole rings is 1. The first-order valence-corrected chi connectivity index (χ1v) is 12.3. The number of rotatable bonds is 8. The zero-order valence-corrected chi connectivity index (χ0v) is 21.0. The lowest BCUT2D eigenvalue weighted by Gasteiger charge is -2.20. The molecule has 0 saturated heterocycles. The highest BCUT2D eigenvalue weighted by Gasteiger charge is 2.22. The molecule has 11 nitrogen and oxygen atoms in total. The first-order chi connectivity index (χ1) is 17.5. The summed E-state index contributed by atoms with van der Waals surface area (Å²) >= 11 is 1.48. The lowest BCUT2D eigenvalue weighted by molar-refractivity contribution is 0.698. The number of aromatic nitrogens is 8. The Bertz CT molecular complexity index is 1620. The number of nitrogens with zero attached hydrogens (tertiary/aromatic N) is 9. The second kappa shape index (κ2) is 9.82. The number of thioether (sulfide) groups is 1. The van der Waals surface area contributed by atoms with Crippen LogP contribution in [0, 0.1) is 0 Å². The minimum Gasteiger partial charge on any atom is -0.341 e. The van der Waals surface area contributed by atoms with Gasteiger partial charge in [-0.25, -0.2) is 4.79 Å². The smallest absolute Gasteiger partial charge is 0.332 e. The van der Waals surface area contributed by atoms with E-state index < -0.39 is 5.69 Å². The van der Waals surface area contributed by atoms with Crippen LogP contribution < -0.4 is 16.1 Å². The van der Waals surface area contributed by atoms with Gasteiger partial charge in [0, 0.05) is 40.0 Å². The molecule has 5 aromatic rings. The monoisotopic (exact) mass is 503 g/mol. The minimum absolute atomic E-state index is 0.358. The van der Waals surface area contributed by atoms with Crippen LogP contribution in [0.25, 0.3) is 16.9 Å². The van der Waals surface area contributed by atoms with Crippen molar-refractivity contribution in [3.8, 4) is 5.69 Å². The third-order valence-corrected chi connectivity index (χ3v) is 6.82. The molecule has 0 aliphatic rings. The number of hydrogen-bond donors (Lipinski definition) is 0. The molecule has 2 aromatic carbocycles. The average Bonchev–Trinajstić information content (AvgIpc) is 3.53. The molecule has 5 rings (SSSR count). The average molecular weight is 504 g/mol. The largest absolute Gasteiger partial charge is 0.341 e. The van der Waals surface area contributed by atoms with Crippen LogP contribution in [0.4, 0.5) is 5.95 Å². The zero-order valence-electron chi connectivity index (χ0n) is 20.1. The number of fused-ring (bicyclic) bond motifs is 1. The first kappa shape index (κ1) is 23.5. The van der Waals surface area contributed by atoms with E-state index in [1.165, 1.54) is 23.4 Å². The number of benzene rings is 2. The molecule has 3 heterocycles. The van der Waals surface area contributed by atoms with E-state index in [0.717, 1.165) is 15.8 Å². The van der Waals surface area contributed by atoms with Crippen molar-refractivity contribution >= 4 is 28.9 Å². The summed E-state index contributed by atoms with van der Waals surface area (Å²) in [4.78, 5) is 32.5. The summed E-state index contributed by atoms with van der Waals surface area (Å²) in [7, 11) is 5.04. The summed E-state index contributed by atoms with van der Waals surface area (Å²) < 4.78 is 6.09. The Hall–Kier alpha value is -4.19. The molecule has 0 aliphatic heterocycles. The Labute approximate surface area is 210 Å². The summed E-state index contributed by atoms with van der Waals surface area (Å²) in [5.74, 6) is 1.19. The van der Waals surface area contributed by atoms with Crippen molar-refractivity contribution in [1.82, 2.24) is 38.9 Å². The van der Waals surface area contributed by atoms with E-state index in [1.54, 1.807) is 11.7 Å². The zero-order chi connectivity index (χ0) is 25.2. The van der Waals surface area contributed by atoms with Crippen molar-refractivity contribution in [3.63, 3.8) is 0 Å². The Morgan fingerprint density at radius 3 is 2.36 bits per heavy atom. The fraction of sp³-hybridized carbons (Fsp3) is 0.250. The van der Waals surface area contributed by atoms with Gasteiger partial charge >= 0.3 is 5.69 Å². The maximum atomic E-state index is 13.2. The third-order valence-electron chi connectivity index (χ3n) is 5.92. The first-order valence-electron chi connectivity index (χ1n) is 11.3. The summed E-state index contributed by atoms with van der Waals surface area (Å²) in [6.07, 6.45) is 0. The van der Waals surface area contributed by atoms with Gasteiger partial charge in [0.1, 0.15) is 0 Å². The minimum atomic E-state index is -0.411. The Morgan fingerprint density at radius 2 is 1.64 bits per heavy atom. The summed E-state index contributed by atoms with van der Waals surface area (Å²) in [6.45, 7) is 1.06. The second-order valence-electron chi connectivity index (χ2n) is 8.34. The van der Waals surface area contributed by atoms with Gasteiger partial charge in [0.05, 0.1) is 5.69 Å². The van der Waals surface area contributed by atoms with Crippen LogP contribution >= 0.6 is 11.8 Å². The van der Waals surface area contributed by atoms with Crippen molar-refractivity contribution < 1.29 is 0 Å². The lowest BCUT2D eigenvalue weighted by Crippen LogP contribution is -2.37. The summed E-state index contributed by atoms with van der Waals surface area (Å²) in [5, 5.41) is 12.7. The van der Waals surface area contributed by atoms with E-state index in [4.69, 9.17) is 4.98 Å². The predicted octanol–water partition coefficient (Wildman–Crippen LogP) is 1.84. The Balaban J connectivity index is 1.50. The molecule has 0 atom stereocenters. The van der Waals surface area contributed by atoms with Crippen LogP contribution in [-0.2, 0) is 27.2 Å². The topological polar surface area (TPSA) is 109 Å². The van der Waals surface area contributed by atoms with E-state index in [-0.39, 0.29) is 5.56 Å². The normalized spacial score (nSPS) is 11.3. The highest BCUT2D eigenvalue weighted by atomic mass is 32.2. The van der Waals surface area contributed by atoms with E-state index in [2.05, 4.69) is 15.5 Å². The molecule has 184 valence electrons. The van der Waals surface area contributed by atoms with Crippen LogP contribution in [0.3, 0.4) is 0 Å². The lowest BCUT2D eigenvalue weighted by atomic mass is 10.2. The van der Waals surface area contributed by atoms with Gasteiger partial charge in [-0.1, -0.05) is 60.3 Å². The van der Waals surface area contributed by atoms with Crippen LogP contribution in [0.1, 0.15) is 5.56 Å². The Morgan fingerprint density at radius 1 is 0.944 bits per heavy atom. The molecule has 0 spiro atoms. The van der Waals surface area contributed by atoms with Gasteiger partial charge in [-0.3, -0.25) is 13.9 Å². The standard InChI is InChI=1S/C24H25N9O2S/c1-29(16-17-10-6-4-7-11-17)22-25-20-19(21(34)31(3)24(35)30(20)2)32(22)14-15-36-23-26-27-28-33(23)18-12-8-5-9-13-18/h4-13H,14-16H2,1-3H3. The molecule has 12 heteroatoms. The molecule has 0 N–H and O–H groups in total. The molecule has 0 unspecified atom stereocenters. The molecule has 0 amide bonds.